The largest absolute Gasteiger partial charge is 0.462 e. The summed E-state index contributed by atoms with van der Waals surface area (Å²) in [5.74, 6) is 1.11. The lowest BCUT2D eigenvalue weighted by molar-refractivity contribution is 0.0526. The maximum atomic E-state index is 11.4. The van der Waals surface area contributed by atoms with E-state index in [1.54, 1.807) is 25.3 Å². The maximum Gasteiger partial charge on any atom is 0.339 e. The molecular weight excluding hydrogens is 244 g/mol. The van der Waals surface area contributed by atoms with Crippen molar-refractivity contribution in [2.75, 3.05) is 31.7 Å². The molecule has 1 aromatic heterocycles. The van der Waals surface area contributed by atoms with Crippen molar-refractivity contribution in [3.05, 3.63) is 23.9 Å². The molecule has 2 heterocycles. The van der Waals surface area contributed by atoms with Crippen LogP contribution in [-0.4, -0.2) is 37.3 Å². The van der Waals surface area contributed by atoms with Crippen LogP contribution >= 0.6 is 0 Å². The minimum Gasteiger partial charge on any atom is -0.462 e. The fourth-order valence-electron chi connectivity index (χ4n) is 2.05. The van der Waals surface area contributed by atoms with Gasteiger partial charge in [-0.05, 0) is 37.8 Å². The quantitative estimate of drug-likeness (QED) is 0.797. The van der Waals surface area contributed by atoms with Gasteiger partial charge in [-0.25, -0.2) is 9.78 Å². The molecule has 19 heavy (non-hydrogen) atoms. The molecule has 0 bridgehead atoms. The van der Waals surface area contributed by atoms with Crippen LogP contribution in [0.3, 0.4) is 0 Å². The highest BCUT2D eigenvalue weighted by atomic mass is 16.5. The Kier molecular flexibility index (Phi) is 5.15. The van der Waals surface area contributed by atoms with Crippen LogP contribution in [0.15, 0.2) is 18.3 Å². The van der Waals surface area contributed by atoms with E-state index in [4.69, 9.17) is 9.47 Å². The molecule has 1 N–H and O–H groups in total. The molecular formula is C14H20N2O3. The van der Waals surface area contributed by atoms with E-state index in [0.717, 1.165) is 38.4 Å². The third kappa shape index (κ3) is 4.21. The number of hydrogen-bond donors (Lipinski definition) is 1. The number of carbonyl (C=O) groups is 1. The molecule has 1 aliphatic heterocycles. The summed E-state index contributed by atoms with van der Waals surface area (Å²) in [5, 5.41) is 3.25. The zero-order chi connectivity index (χ0) is 13.5. The Hall–Kier alpha value is -1.62. The maximum absolute atomic E-state index is 11.4. The molecule has 1 aliphatic rings. The summed E-state index contributed by atoms with van der Waals surface area (Å²) in [6.07, 6.45) is 3.78. The van der Waals surface area contributed by atoms with E-state index in [0.29, 0.717) is 18.1 Å². The fraction of sp³-hybridized carbons (Fsp3) is 0.571. The van der Waals surface area contributed by atoms with Crippen molar-refractivity contribution in [1.29, 1.82) is 0 Å². The third-order valence-electron chi connectivity index (χ3n) is 3.16. The van der Waals surface area contributed by atoms with Crippen LogP contribution in [0.1, 0.15) is 30.1 Å². The predicted octanol–water partition coefficient (Wildman–Crippen LogP) is 2.10. The lowest BCUT2D eigenvalue weighted by Crippen LogP contribution is -2.10. The Labute approximate surface area is 113 Å². The zero-order valence-electron chi connectivity index (χ0n) is 11.2. The minimum absolute atomic E-state index is 0.329. The van der Waals surface area contributed by atoms with Gasteiger partial charge in [0.15, 0.2) is 0 Å². The van der Waals surface area contributed by atoms with Gasteiger partial charge in [-0.3, -0.25) is 0 Å². The molecule has 5 heteroatoms. The van der Waals surface area contributed by atoms with E-state index in [9.17, 15) is 4.79 Å². The lowest BCUT2D eigenvalue weighted by atomic mass is 10.1. The number of esters is 1. The average molecular weight is 264 g/mol. The summed E-state index contributed by atoms with van der Waals surface area (Å²) in [6.45, 7) is 4.80. The zero-order valence-corrected chi connectivity index (χ0v) is 11.2. The molecule has 1 unspecified atom stereocenters. The molecule has 2 rings (SSSR count). The number of nitrogens with zero attached hydrogens (tertiary/aromatic N) is 1. The first kappa shape index (κ1) is 13.8. The summed E-state index contributed by atoms with van der Waals surface area (Å²) in [6, 6.07) is 3.53. The first-order valence-electron chi connectivity index (χ1n) is 6.74. The summed E-state index contributed by atoms with van der Waals surface area (Å²) in [5.41, 5.74) is 0.483. The van der Waals surface area contributed by atoms with Gasteiger partial charge >= 0.3 is 5.97 Å². The Morgan fingerprint density at radius 1 is 1.58 bits per heavy atom. The van der Waals surface area contributed by atoms with E-state index in [1.165, 1.54) is 0 Å². The molecule has 1 fully saturated rings. The molecule has 0 aromatic carbocycles. The van der Waals surface area contributed by atoms with Gasteiger partial charge in [0.1, 0.15) is 5.82 Å². The molecule has 5 nitrogen and oxygen atoms in total. The molecule has 0 aliphatic carbocycles. The predicted molar refractivity (Wildman–Crippen MR) is 72.2 cm³/mol. The van der Waals surface area contributed by atoms with E-state index in [-0.39, 0.29) is 5.97 Å². The highest BCUT2D eigenvalue weighted by molar-refractivity contribution is 5.89. The number of aromatic nitrogens is 1. The molecule has 1 aromatic rings. The number of ether oxygens (including phenoxy) is 2. The topological polar surface area (TPSA) is 60.5 Å². The second-order valence-corrected chi connectivity index (χ2v) is 4.60. The van der Waals surface area contributed by atoms with Gasteiger partial charge in [-0.1, -0.05) is 0 Å². The van der Waals surface area contributed by atoms with Crippen LogP contribution in [0.25, 0.3) is 0 Å². The van der Waals surface area contributed by atoms with Gasteiger partial charge in [0.2, 0.25) is 0 Å². The molecule has 1 atom stereocenters. The Morgan fingerprint density at radius 3 is 3.11 bits per heavy atom. The second kappa shape index (κ2) is 7.09. The molecule has 104 valence electrons. The highest BCUT2D eigenvalue weighted by Gasteiger charge is 2.14. The van der Waals surface area contributed by atoms with Gasteiger partial charge in [-0.15, -0.1) is 0 Å². The van der Waals surface area contributed by atoms with E-state index >= 15 is 0 Å². The Balaban J connectivity index is 1.76. The molecule has 1 saturated heterocycles. The normalized spacial score (nSPS) is 18.3. The second-order valence-electron chi connectivity index (χ2n) is 4.60. The minimum atomic E-state index is -0.329. The standard InChI is InChI=1S/C14H20N2O3/c1-2-19-14(17)12-3-4-13(16-9-12)15-7-5-11-6-8-18-10-11/h3-4,9,11H,2,5-8,10H2,1H3,(H,15,16). The van der Waals surface area contributed by atoms with Crippen LogP contribution in [0.4, 0.5) is 5.82 Å². The first-order chi connectivity index (χ1) is 9.29. The van der Waals surface area contributed by atoms with Gasteiger partial charge in [0.05, 0.1) is 12.2 Å². The molecule has 0 amide bonds. The first-order valence-corrected chi connectivity index (χ1v) is 6.74. The van der Waals surface area contributed by atoms with Gasteiger partial charge in [-0.2, -0.15) is 0 Å². The number of pyridine rings is 1. The van der Waals surface area contributed by atoms with Crippen molar-refractivity contribution < 1.29 is 14.3 Å². The SMILES string of the molecule is CCOC(=O)c1ccc(NCCC2CCOC2)nc1. The van der Waals surface area contributed by atoms with Gasteiger partial charge in [0, 0.05) is 26.0 Å². The van der Waals surface area contributed by atoms with Crippen molar-refractivity contribution in [3.8, 4) is 0 Å². The summed E-state index contributed by atoms with van der Waals surface area (Å²) < 4.78 is 10.2. The number of hydrogen-bond acceptors (Lipinski definition) is 5. The number of rotatable bonds is 6. The van der Waals surface area contributed by atoms with Crippen LogP contribution in [-0.2, 0) is 9.47 Å². The van der Waals surface area contributed by atoms with Crippen molar-refractivity contribution in [3.63, 3.8) is 0 Å². The van der Waals surface area contributed by atoms with Crippen molar-refractivity contribution in [1.82, 2.24) is 4.98 Å². The monoisotopic (exact) mass is 264 g/mol. The van der Waals surface area contributed by atoms with Crippen molar-refractivity contribution in [2.45, 2.75) is 19.8 Å². The van der Waals surface area contributed by atoms with Crippen LogP contribution < -0.4 is 5.32 Å². The van der Waals surface area contributed by atoms with Gasteiger partial charge in [0.25, 0.3) is 0 Å². The van der Waals surface area contributed by atoms with E-state index in [1.807, 2.05) is 0 Å². The molecule has 0 saturated carbocycles. The summed E-state index contributed by atoms with van der Waals surface area (Å²) in [7, 11) is 0. The smallest absolute Gasteiger partial charge is 0.339 e. The van der Waals surface area contributed by atoms with E-state index < -0.39 is 0 Å². The highest BCUT2D eigenvalue weighted by Crippen LogP contribution is 2.16. The number of anilines is 1. The summed E-state index contributed by atoms with van der Waals surface area (Å²) in [4.78, 5) is 15.7. The van der Waals surface area contributed by atoms with Crippen molar-refractivity contribution in [2.24, 2.45) is 5.92 Å². The van der Waals surface area contributed by atoms with Crippen LogP contribution in [0, 0.1) is 5.92 Å². The average Bonchev–Trinajstić information content (AvgIpc) is 2.93. The third-order valence-corrected chi connectivity index (χ3v) is 3.16. The lowest BCUT2D eigenvalue weighted by Gasteiger charge is -2.09. The fourth-order valence-corrected chi connectivity index (χ4v) is 2.05. The van der Waals surface area contributed by atoms with Crippen LogP contribution in [0.5, 0.6) is 0 Å². The Bertz CT molecular complexity index is 400. The number of carbonyl (C=O) groups excluding carboxylic acids is 1. The summed E-state index contributed by atoms with van der Waals surface area (Å²) >= 11 is 0. The van der Waals surface area contributed by atoms with E-state index in [2.05, 4.69) is 10.3 Å². The van der Waals surface area contributed by atoms with Crippen LogP contribution in [0.2, 0.25) is 0 Å². The molecule has 0 spiro atoms. The van der Waals surface area contributed by atoms with Crippen molar-refractivity contribution >= 4 is 11.8 Å². The Morgan fingerprint density at radius 2 is 2.47 bits per heavy atom. The molecule has 0 radical (unpaired) electrons. The van der Waals surface area contributed by atoms with Gasteiger partial charge < -0.3 is 14.8 Å². The number of nitrogens with one attached hydrogen (secondary N) is 1.